The van der Waals surface area contributed by atoms with E-state index in [2.05, 4.69) is 58.6 Å². The Bertz CT molecular complexity index is 551. The lowest BCUT2D eigenvalue weighted by atomic mass is 10.00. The van der Waals surface area contributed by atoms with E-state index in [0.717, 1.165) is 58.2 Å². The Morgan fingerprint density at radius 2 is 1.85 bits per heavy atom. The first kappa shape index (κ1) is 24.2. The largest absolute Gasteiger partial charge is 0.381 e. The number of ether oxygens (including phenoxy) is 1. The molecule has 0 amide bonds. The molecule has 5 nitrogen and oxygen atoms in total. The number of benzene rings is 1. The summed E-state index contributed by atoms with van der Waals surface area (Å²) in [4.78, 5) is 6.84. The summed E-state index contributed by atoms with van der Waals surface area (Å²) in [6.07, 6.45) is 3.30. The van der Waals surface area contributed by atoms with Crippen LogP contribution in [0.2, 0.25) is 0 Å². The van der Waals surface area contributed by atoms with Gasteiger partial charge in [-0.05, 0) is 36.3 Å². The van der Waals surface area contributed by atoms with Crippen molar-refractivity contribution in [3.05, 3.63) is 35.4 Å². The lowest BCUT2D eigenvalue weighted by Crippen LogP contribution is -2.39. The average Bonchev–Trinajstić information content (AvgIpc) is 2.65. The molecule has 0 radical (unpaired) electrons. The second-order valence-corrected chi connectivity index (χ2v) is 7.40. The summed E-state index contributed by atoms with van der Waals surface area (Å²) in [6.45, 7) is 11.2. The number of aliphatic imine (C=N–C) groups is 1. The first-order valence-corrected chi connectivity index (χ1v) is 10.0. The predicted molar refractivity (Wildman–Crippen MR) is 125 cm³/mol. The van der Waals surface area contributed by atoms with Gasteiger partial charge in [0.2, 0.25) is 0 Å². The summed E-state index contributed by atoms with van der Waals surface area (Å²) in [5.74, 6) is 1.49. The monoisotopic (exact) mass is 488 g/mol. The molecule has 0 aliphatic carbocycles. The molecule has 1 aromatic rings. The molecule has 27 heavy (non-hydrogen) atoms. The molecule has 0 saturated carbocycles. The van der Waals surface area contributed by atoms with Gasteiger partial charge in [-0.2, -0.15) is 0 Å². The molecule has 0 bridgehead atoms. The molecule has 2 rings (SSSR count). The van der Waals surface area contributed by atoms with Crippen LogP contribution < -0.4 is 10.6 Å². The molecule has 0 unspecified atom stereocenters. The zero-order chi connectivity index (χ0) is 18.6. The molecule has 1 aromatic carbocycles. The number of nitrogens with zero attached hydrogens (tertiary/aromatic N) is 2. The number of guanidine groups is 1. The van der Waals surface area contributed by atoms with Crippen molar-refractivity contribution in [2.24, 2.45) is 10.9 Å². The standard InChI is InChI=1S/C21H36N4O.HI/c1-18(2)17-26-15-7-12-24-21(22-3)23-11-6-13-25-14-10-19-8-4-5-9-20(19)16-25;/h4-5,8-9,18H,6-7,10-17H2,1-3H3,(H2,22,23,24);1H. The fourth-order valence-electron chi connectivity index (χ4n) is 3.18. The zero-order valence-electron chi connectivity index (χ0n) is 17.2. The van der Waals surface area contributed by atoms with Crippen LogP contribution in [-0.4, -0.2) is 57.3 Å². The Kier molecular flexibility index (Phi) is 12.7. The highest BCUT2D eigenvalue weighted by Gasteiger charge is 2.14. The normalized spacial score (nSPS) is 14.6. The van der Waals surface area contributed by atoms with Crippen molar-refractivity contribution in [2.45, 2.75) is 39.7 Å². The fourth-order valence-corrected chi connectivity index (χ4v) is 3.18. The number of nitrogens with one attached hydrogen (secondary N) is 2. The summed E-state index contributed by atoms with van der Waals surface area (Å²) < 4.78 is 5.60. The van der Waals surface area contributed by atoms with Crippen molar-refractivity contribution in [1.82, 2.24) is 15.5 Å². The van der Waals surface area contributed by atoms with Crippen molar-refractivity contribution in [2.75, 3.05) is 46.4 Å². The molecule has 1 aliphatic rings. The maximum atomic E-state index is 5.60. The summed E-state index contributed by atoms with van der Waals surface area (Å²) in [5, 5.41) is 6.76. The molecular formula is C21H37IN4O. The average molecular weight is 488 g/mol. The van der Waals surface area contributed by atoms with Gasteiger partial charge < -0.3 is 15.4 Å². The van der Waals surface area contributed by atoms with Crippen LogP contribution in [0.25, 0.3) is 0 Å². The van der Waals surface area contributed by atoms with Crippen molar-refractivity contribution in [3.8, 4) is 0 Å². The number of halogens is 1. The van der Waals surface area contributed by atoms with Gasteiger partial charge >= 0.3 is 0 Å². The third kappa shape index (κ3) is 9.76. The van der Waals surface area contributed by atoms with Crippen LogP contribution in [-0.2, 0) is 17.7 Å². The maximum absolute atomic E-state index is 5.60. The first-order chi connectivity index (χ1) is 12.7. The van der Waals surface area contributed by atoms with Gasteiger partial charge in [0.15, 0.2) is 5.96 Å². The molecule has 0 spiro atoms. The van der Waals surface area contributed by atoms with Crippen LogP contribution in [0, 0.1) is 5.92 Å². The van der Waals surface area contributed by atoms with Crippen LogP contribution in [0.4, 0.5) is 0 Å². The minimum Gasteiger partial charge on any atom is -0.381 e. The second kappa shape index (κ2) is 14.2. The fraction of sp³-hybridized carbons (Fsp3) is 0.667. The number of rotatable bonds is 10. The summed E-state index contributed by atoms with van der Waals surface area (Å²) >= 11 is 0. The highest BCUT2D eigenvalue weighted by molar-refractivity contribution is 14.0. The van der Waals surface area contributed by atoms with E-state index < -0.39 is 0 Å². The highest BCUT2D eigenvalue weighted by atomic mass is 127. The third-order valence-corrected chi connectivity index (χ3v) is 4.59. The van der Waals surface area contributed by atoms with Crippen molar-refractivity contribution in [3.63, 3.8) is 0 Å². The molecule has 6 heteroatoms. The van der Waals surface area contributed by atoms with Gasteiger partial charge in [-0.3, -0.25) is 9.89 Å². The van der Waals surface area contributed by atoms with E-state index in [1.54, 1.807) is 0 Å². The van der Waals surface area contributed by atoms with E-state index >= 15 is 0 Å². The Labute approximate surface area is 182 Å². The van der Waals surface area contributed by atoms with Crippen LogP contribution >= 0.6 is 24.0 Å². The molecule has 0 saturated heterocycles. The van der Waals surface area contributed by atoms with Gasteiger partial charge in [0.05, 0.1) is 0 Å². The smallest absolute Gasteiger partial charge is 0.190 e. The molecule has 0 aromatic heterocycles. The van der Waals surface area contributed by atoms with E-state index in [9.17, 15) is 0 Å². The van der Waals surface area contributed by atoms with Gasteiger partial charge in [-0.1, -0.05) is 38.1 Å². The van der Waals surface area contributed by atoms with E-state index in [1.165, 1.54) is 24.1 Å². The minimum atomic E-state index is 0. The Morgan fingerprint density at radius 1 is 1.15 bits per heavy atom. The Balaban J connectivity index is 0.00000364. The van der Waals surface area contributed by atoms with E-state index in [4.69, 9.17) is 4.74 Å². The van der Waals surface area contributed by atoms with Gasteiger partial charge in [-0.25, -0.2) is 0 Å². The van der Waals surface area contributed by atoms with Gasteiger partial charge in [-0.15, -0.1) is 24.0 Å². The SMILES string of the molecule is CN=C(NCCCOCC(C)C)NCCCN1CCc2ccccc2C1.I. The first-order valence-electron chi connectivity index (χ1n) is 10.0. The number of hydrogen-bond donors (Lipinski definition) is 2. The molecule has 1 aliphatic heterocycles. The number of fused-ring (bicyclic) bond motifs is 1. The molecule has 0 fully saturated rings. The minimum absolute atomic E-state index is 0. The highest BCUT2D eigenvalue weighted by Crippen LogP contribution is 2.18. The number of hydrogen-bond acceptors (Lipinski definition) is 3. The molecule has 1 heterocycles. The van der Waals surface area contributed by atoms with Gasteiger partial charge in [0.1, 0.15) is 0 Å². The molecular weight excluding hydrogens is 451 g/mol. The van der Waals surface area contributed by atoms with Crippen molar-refractivity contribution in [1.29, 1.82) is 0 Å². The summed E-state index contributed by atoms with van der Waals surface area (Å²) in [5.41, 5.74) is 3.01. The second-order valence-electron chi connectivity index (χ2n) is 7.40. The third-order valence-electron chi connectivity index (χ3n) is 4.59. The summed E-state index contributed by atoms with van der Waals surface area (Å²) in [7, 11) is 1.83. The van der Waals surface area contributed by atoms with E-state index in [0.29, 0.717) is 5.92 Å². The van der Waals surface area contributed by atoms with Crippen LogP contribution in [0.1, 0.15) is 37.8 Å². The molecule has 2 N–H and O–H groups in total. The molecule has 0 atom stereocenters. The van der Waals surface area contributed by atoms with Crippen molar-refractivity contribution < 1.29 is 4.74 Å². The van der Waals surface area contributed by atoms with Crippen LogP contribution in [0.5, 0.6) is 0 Å². The molecule has 154 valence electrons. The Hall–Kier alpha value is -0.860. The lowest BCUT2D eigenvalue weighted by Gasteiger charge is -2.28. The topological polar surface area (TPSA) is 48.9 Å². The van der Waals surface area contributed by atoms with Crippen LogP contribution in [0.3, 0.4) is 0 Å². The summed E-state index contributed by atoms with van der Waals surface area (Å²) in [6, 6.07) is 8.81. The van der Waals surface area contributed by atoms with Gasteiger partial charge in [0.25, 0.3) is 0 Å². The quantitative estimate of drug-likeness (QED) is 0.230. The lowest BCUT2D eigenvalue weighted by molar-refractivity contribution is 0.108. The van der Waals surface area contributed by atoms with E-state index in [1.807, 2.05) is 7.05 Å². The predicted octanol–water partition coefficient (Wildman–Crippen LogP) is 3.28. The maximum Gasteiger partial charge on any atom is 0.190 e. The van der Waals surface area contributed by atoms with Crippen molar-refractivity contribution >= 4 is 29.9 Å². The van der Waals surface area contributed by atoms with Gasteiger partial charge in [0, 0.05) is 53.0 Å². The zero-order valence-corrected chi connectivity index (χ0v) is 19.5. The van der Waals surface area contributed by atoms with Crippen LogP contribution in [0.15, 0.2) is 29.3 Å². The van der Waals surface area contributed by atoms with E-state index in [-0.39, 0.29) is 24.0 Å². The Morgan fingerprint density at radius 3 is 2.56 bits per heavy atom.